The van der Waals surface area contributed by atoms with Gasteiger partial charge in [-0.25, -0.2) is 0 Å². The van der Waals surface area contributed by atoms with Crippen LogP contribution < -0.4 is 0 Å². The van der Waals surface area contributed by atoms with Crippen molar-refractivity contribution in [2.45, 2.75) is 290 Å². The van der Waals surface area contributed by atoms with E-state index in [9.17, 15) is 101 Å². The SMILES string of the molecule is CCOC(=O)CCO.CCOC(C)=O.CCOC(C)=O.CCOC(C)=O.CCOC(C)=O.CCOC(C)=O.CCOC(C)=O.CCOC(C)=O.CCOC(C)=O.CCOC(C)=O.CCOC(C)=O.CCOC(C)=O.CCOC(C)=O.CCOC(C)=O.CCOC(C)=O.CCOC(C)=O.CCOC(C)=O.CCOC(C)=O.CCOC(C)=O.CCOC(C)=O.CCOC(C)=O. The molecule has 43 heteroatoms. The molecule has 0 radical (unpaired) electrons. The van der Waals surface area contributed by atoms with Crippen molar-refractivity contribution in [3.8, 4) is 0 Å². The maximum absolute atomic E-state index is 10.3. The Morgan fingerprint density at radius 2 is 0.180 bits per heavy atom. The summed E-state index contributed by atoms with van der Waals surface area (Å²) in [5.74, 6) is -4.55. The van der Waals surface area contributed by atoms with Crippen LogP contribution in [0.1, 0.15) is 290 Å². The first kappa shape index (κ1) is 171. The average molecular weight is 1880 g/mol. The van der Waals surface area contributed by atoms with E-state index in [1.54, 1.807) is 145 Å². The Kier molecular flexibility index (Phi) is 222. The summed E-state index contributed by atoms with van der Waals surface area (Å²) in [6.45, 7) is 75.1. The van der Waals surface area contributed by atoms with Gasteiger partial charge in [-0.1, -0.05) is 0 Å². The van der Waals surface area contributed by atoms with E-state index in [1.165, 1.54) is 138 Å². The van der Waals surface area contributed by atoms with Crippen LogP contribution in [0.15, 0.2) is 0 Å². The fraction of sp³-hybridized carbons (Fsp3) is 0.753. The molecular formula is C85H170O43. The Morgan fingerprint density at radius 3 is 0.203 bits per heavy atom. The first-order chi connectivity index (χ1) is 59.2. The molecule has 0 saturated heterocycles. The molecule has 0 heterocycles. The molecular weight excluding hydrogens is 1710 g/mol. The number of carbonyl (C=O) groups is 21. The Hall–Kier alpha value is -11.2. The molecule has 128 heavy (non-hydrogen) atoms. The smallest absolute Gasteiger partial charge is 0.308 e. The highest BCUT2D eigenvalue weighted by molar-refractivity contribution is 5.71. The molecule has 0 aliphatic carbocycles. The second-order valence-electron chi connectivity index (χ2n) is 19.8. The van der Waals surface area contributed by atoms with Crippen LogP contribution in [-0.4, -0.2) is 276 Å². The predicted molar refractivity (Wildman–Crippen MR) is 474 cm³/mol. The van der Waals surface area contributed by atoms with Gasteiger partial charge in [0.1, 0.15) is 0 Å². The molecule has 0 aromatic carbocycles. The lowest BCUT2D eigenvalue weighted by Crippen LogP contribution is -2.05. The van der Waals surface area contributed by atoms with E-state index in [2.05, 4.69) is 99.5 Å². The molecule has 0 aliphatic rings. The molecule has 0 rings (SSSR count). The third-order valence-corrected chi connectivity index (χ3v) is 7.57. The monoisotopic (exact) mass is 1880 g/mol. The Bertz CT molecular complexity index is 1850. The van der Waals surface area contributed by atoms with Gasteiger partial charge < -0.3 is 105 Å². The third-order valence-electron chi connectivity index (χ3n) is 7.57. The summed E-state index contributed by atoms with van der Waals surface area (Å²) in [7, 11) is 0. The van der Waals surface area contributed by atoms with Gasteiger partial charge in [0, 0.05) is 138 Å². The van der Waals surface area contributed by atoms with Gasteiger partial charge in [0.2, 0.25) is 0 Å². The quantitative estimate of drug-likeness (QED) is 0.0733. The molecule has 0 atom stereocenters. The average Bonchev–Trinajstić information content (AvgIpc) is 1.09. The lowest BCUT2D eigenvalue weighted by Gasteiger charge is -1.96. The lowest BCUT2D eigenvalue weighted by molar-refractivity contribution is -0.144. The van der Waals surface area contributed by atoms with E-state index in [1.807, 2.05) is 0 Å². The van der Waals surface area contributed by atoms with Gasteiger partial charge in [0.05, 0.1) is 152 Å². The largest absolute Gasteiger partial charge is 0.466 e. The molecule has 0 unspecified atom stereocenters. The second-order valence-corrected chi connectivity index (χ2v) is 19.8. The molecule has 768 valence electrons. The molecule has 0 amide bonds. The van der Waals surface area contributed by atoms with E-state index < -0.39 is 0 Å². The molecule has 0 saturated carbocycles. The number of rotatable bonds is 23. The van der Waals surface area contributed by atoms with Gasteiger partial charge in [-0.05, 0) is 145 Å². The highest BCUT2D eigenvalue weighted by Gasteiger charge is 1.97. The number of esters is 21. The first-order valence-electron chi connectivity index (χ1n) is 40.7. The van der Waals surface area contributed by atoms with Crippen molar-refractivity contribution in [2.24, 2.45) is 0 Å². The highest BCUT2D eigenvalue weighted by atomic mass is 16.6. The van der Waals surface area contributed by atoms with Crippen LogP contribution in [0, 0.1) is 0 Å². The molecule has 43 nitrogen and oxygen atoms in total. The van der Waals surface area contributed by atoms with Gasteiger partial charge in [0.25, 0.3) is 0 Å². The van der Waals surface area contributed by atoms with E-state index in [0.717, 1.165) is 0 Å². The molecule has 0 aromatic rings. The zero-order valence-corrected chi connectivity index (χ0v) is 85.4. The summed E-state index contributed by atoms with van der Waals surface area (Å²) in [5, 5.41) is 8.16. The van der Waals surface area contributed by atoms with Crippen LogP contribution in [0.3, 0.4) is 0 Å². The second kappa shape index (κ2) is 166. The van der Waals surface area contributed by atoms with Crippen LogP contribution >= 0.6 is 0 Å². The van der Waals surface area contributed by atoms with Crippen LogP contribution in [0.25, 0.3) is 0 Å². The summed E-state index contributed by atoms with van der Waals surface area (Å²) < 4.78 is 92.5. The minimum atomic E-state index is -0.338. The van der Waals surface area contributed by atoms with E-state index in [4.69, 9.17) is 5.11 Å². The van der Waals surface area contributed by atoms with Crippen LogP contribution in [-0.2, 0) is 200 Å². The van der Waals surface area contributed by atoms with Gasteiger partial charge >= 0.3 is 125 Å². The molecule has 0 aromatic heterocycles. The topological polar surface area (TPSA) is 573 Å². The van der Waals surface area contributed by atoms with Gasteiger partial charge in [0.15, 0.2) is 0 Å². The Labute approximate surface area is 763 Å². The summed E-state index contributed by atoms with van der Waals surface area (Å²) >= 11 is 0. The van der Waals surface area contributed by atoms with Crippen LogP contribution in [0.2, 0.25) is 0 Å². The van der Waals surface area contributed by atoms with E-state index in [-0.39, 0.29) is 138 Å². The fourth-order valence-electron chi connectivity index (χ4n) is 4.39. The zero-order valence-electron chi connectivity index (χ0n) is 85.4. The lowest BCUT2D eigenvalue weighted by atomic mass is 10.5. The molecule has 0 fully saturated rings. The van der Waals surface area contributed by atoms with Crippen molar-refractivity contribution in [3.05, 3.63) is 0 Å². The maximum atomic E-state index is 10.3. The summed E-state index contributed by atoms with van der Waals surface area (Å²) in [6.07, 6.45) is 0.105. The van der Waals surface area contributed by atoms with Crippen molar-refractivity contribution < 1.29 is 205 Å². The van der Waals surface area contributed by atoms with Crippen LogP contribution in [0.4, 0.5) is 0 Å². The molecule has 0 spiro atoms. The summed E-state index contributed by atoms with van der Waals surface area (Å²) in [5.41, 5.74) is 0. The van der Waals surface area contributed by atoms with E-state index >= 15 is 0 Å². The number of aliphatic hydroxyl groups excluding tert-OH is 1. The molecule has 1 N–H and O–H groups in total. The molecule has 0 aliphatic heterocycles. The summed E-state index contributed by atoms with van der Waals surface area (Å²) in [6, 6.07) is 0. The molecule has 0 bridgehead atoms. The Morgan fingerprint density at radius 1 is 0.125 bits per heavy atom. The minimum Gasteiger partial charge on any atom is -0.466 e. The highest BCUT2D eigenvalue weighted by Crippen LogP contribution is 1.83. The number of carbonyl (C=O) groups excluding carboxylic acids is 21. The van der Waals surface area contributed by atoms with Crippen molar-refractivity contribution in [2.75, 3.05) is 145 Å². The standard InChI is InChI=1S/C5H10O3.20C4H8O2/c1-2-8-5(7)3-4-6;20*1-3-6-4(2)5/h6H,2-4H2,1H3;20*3H2,1-2H3. The summed E-state index contributed by atoms with van der Waals surface area (Å²) in [4.78, 5) is 207. The third kappa shape index (κ3) is 495. The normalized spacial score (nSPS) is 7.73. The number of aliphatic hydroxyl groups is 1. The number of hydrogen-bond donors (Lipinski definition) is 1. The Balaban J connectivity index is -0.0000000494. The van der Waals surface area contributed by atoms with Crippen molar-refractivity contribution in [1.29, 1.82) is 0 Å². The fourth-order valence-corrected chi connectivity index (χ4v) is 4.39. The van der Waals surface area contributed by atoms with Crippen molar-refractivity contribution >= 4 is 125 Å². The van der Waals surface area contributed by atoms with Gasteiger partial charge in [-0.2, -0.15) is 0 Å². The van der Waals surface area contributed by atoms with Gasteiger partial charge in [-0.3, -0.25) is 101 Å². The number of hydrogen-bond acceptors (Lipinski definition) is 43. The minimum absolute atomic E-state index is 0.105. The van der Waals surface area contributed by atoms with E-state index in [0.29, 0.717) is 139 Å². The predicted octanol–water partition coefficient (Wildman–Crippen LogP) is 11.3. The zero-order chi connectivity index (χ0) is 106. The van der Waals surface area contributed by atoms with Crippen LogP contribution in [0.5, 0.6) is 0 Å². The number of ether oxygens (including phenoxy) is 21. The maximum Gasteiger partial charge on any atom is 0.308 e. The van der Waals surface area contributed by atoms with Crippen molar-refractivity contribution in [3.63, 3.8) is 0 Å². The van der Waals surface area contributed by atoms with Gasteiger partial charge in [-0.15, -0.1) is 0 Å². The van der Waals surface area contributed by atoms with Crippen molar-refractivity contribution in [1.82, 2.24) is 0 Å². The first-order valence-corrected chi connectivity index (χ1v) is 40.7.